The molecule has 154 valence electrons. The van der Waals surface area contributed by atoms with Crippen molar-refractivity contribution in [2.24, 2.45) is 5.10 Å². The highest BCUT2D eigenvalue weighted by molar-refractivity contribution is 6.05. The second kappa shape index (κ2) is 10.2. The van der Waals surface area contributed by atoms with Crippen LogP contribution in [-0.2, 0) is 4.79 Å². The molecule has 0 atom stereocenters. The number of benzene rings is 2. The van der Waals surface area contributed by atoms with Gasteiger partial charge in [-0.15, -0.1) is 0 Å². The lowest BCUT2D eigenvalue weighted by molar-refractivity contribution is -0.384. The van der Waals surface area contributed by atoms with Crippen molar-refractivity contribution >= 4 is 29.8 Å². The number of nitro groups is 1. The molecule has 3 aromatic rings. The summed E-state index contributed by atoms with van der Waals surface area (Å²) in [6.07, 6.45) is 4.35. The molecule has 0 aliphatic carbocycles. The third-order valence-corrected chi connectivity index (χ3v) is 3.99. The molecule has 0 fully saturated rings. The summed E-state index contributed by atoms with van der Waals surface area (Å²) < 4.78 is 0. The highest BCUT2D eigenvalue weighted by Crippen LogP contribution is 2.14. The SMILES string of the molecule is O=C(N/N=C/c1ccccn1)/C(=C/c1ccc([N+](=O)[O-])cc1)NC(=O)c1ccccc1. The van der Waals surface area contributed by atoms with Crippen molar-refractivity contribution in [3.05, 3.63) is 112 Å². The lowest BCUT2D eigenvalue weighted by Gasteiger charge is -2.09. The molecule has 0 bridgehead atoms. The third-order valence-electron chi connectivity index (χ3n) is 3.99. The Labute approximate surface area is 177 Å². The lowest BCUT2D eigenvalue weighted by Crippen LogP contribution is -2.32. The maximum atomic E-state index is 12.6. The van der Waals surface area contributed by atoms with Gasteiger partial charge in [0.15, 0.2) is 0 Å². The van der Waals surface area contributed by atoms with E-state index < -0.39 is 16.7 Å². The summed E-state index contributed by atoms with van der Waals surface area (Å²) in [5.41, 5.74) is 3.55. The first kappa shape index (κ1) is 21.1. The quantitative estimate of drug-likeness (QED) is 0.265. The standard InChI is InChI=1S/C22H17N5O4/c28-21(17-6-2-1-3-7-17)25-20(14-16-9-11-19(12-10-16)27(30)31)22(29)26-24-15-18-8-4-5-13-23-18/h1-15H,(H,25,28)(H,26,29)/b20-14-,24-15+. The molecule has 0 aliphatic rings. The number of hydrazone groups is 1. The number of pyridine rings is 1. The van der Waals surface area contributed by atoms with E-state index in [-0.39, 0.29) is 11.4 Å². The molecule has 2 N–H and O–H groups in total. The Morgan fingerprint density at radius 2 is 1.68 bits per heavy atom. The van der Waals surface area contributed by atoms with Gasteiger partial charge in [-0.1, -0.05) is 24.3 Å². The van der Waals surface area contributed by atoms with Crippen LogP contribution in [-0.4, -0.2) is 27.9 Å². The Hall–Kier alpha value is -4.66. The van der Waals surface area contributed by atoms with Crippen molar-refractivity contribution in [2.75, 3.05) is 0 Å². The van der Waals surface area contributed by atoms with Crippen molar-refractivity contribution in [1.29, 1.82) is 0 Å². The molecule has 0 saturated carbocycles. The number of aromatic nitrogens is 1. The maximum absolute atomic E-state index is 12.6. The number of nitrogens with zero attached hydrogens (tertiary/aromatic N) is 3. The summed E-state index contributed by atoms with van der Waals surface area (Å²) in [5, 5.41) is 17.2. The second-order valence-corrected chi connectivity index (χ2v) is 6.18. The minimum absolute atomic E-state index is 0.0825. The van der Waals surface area contributed by atoms with Crippen molar-refractivity contribution in [2.45, 2.75) is 0 Å². The zero-order valence-electron chi connectivity index (χ0n) is 16.1. The predicted molar refractivity (Wildman–Crippen MR) is 115 cm³/mol. The monoisotopic (exact) mass is 415 g/mol. The minimum Gasteiger partial charge on any atom is -0.317 e. The molecule has 0 radical (unpaired) electrons. The fourth-order valence-corrected chi connectivity index (χ4v) is 2.47. The number of nitrogens with one attached hydrogen (secondary N) is 2. The Bertz CT molecular complexity index is 1130. The van der Waals surface area contributed by atoms with E-state index in [1.165, 1.54) is 36.6 Å². The first-order valence-electron chi connectivity index (χ1n) is 9.10. The van der Waals surface area contributed by atoms with Gasteiger partial charge in [0.2, 0.25) is 0 Å². The Balaban J connectivity index is 1.82. The number of hydrogen-bond donors (Lipinski definition) is 2. The lowest BCUT2D eigenvalue weighted by atomic mass is 10.1. The van der Waals surface area contributed by atoms with Gasteiger partial charge in [-0.2, -0.15) is 5.10 Å². The van der Waals surface area contributed by atoms with Crippen molar-refractivity contribution in [3.63, 3.8) is 0 Å². The molecule has 3 rings (SSSR count). The first-order chi connectivity index (χ1) is 15.0. The van der Waals surface area contributed by atoms with E-state index in [1.54, 1.807) is 54.7 Å². The van der Waals surface area contributed by atoms with E-state index in [0.29, 0.717) is 16.8 Å². The van der Waals surface area contributed by atoms with Crippen LogP contribution in [0.5, 0.6) is 0 Å². The number of carbonyl (C=O) groups excluding carboxylic acids is 2. The average Bonchev–Trinajstić information content (AvgIpc) is 2.80. The summed E-state index contributed by atoms with van der Waals surface area (Å²) in [6.45, 7) is 0. The van der Waals surface area contributed by atoms with E-state index in [9.17, 15) is 19.7 Å². The molecule has 9 heteroatoms. The van der Waals surface area contributed by atoms with Crippen LogP contribution in [0.15, 0.2) is 89.8 Å². The van der Waals surface area contributed by atoms with Gasteiger partial charge in [-0.05, 0) is 48.0 Å². The van der Waals surface area contributed by atoms with Crippen LogP contribution < -0.4 is 10.7 Å². The van der Waals surface area contributed by atoms with Gasteiger partial charge in [0.1, 0.15) is 5.70 Å². The molecule has 1 aromatic heterocycles. The van der Waals surface area contributed by atoms with Crippen LogP contribution >= 0.6 is 0 Å². The van der Waals surface area contributed by atoms with Crippen LogP contribution in [0.3, 0.4) is 0 Å². The van der Waals surface area contributed by atoms with E-state index in [0.717, 1.165) is 0 Å². The zero-order valence-corrected chi connectivity index (χ0v) is 16.1. The van der Waals surface area contributed by atoms with E-state index >= 15 is 0 Å². The average molecular weight is 415 g/mol. The number of carbonyl (C=O) groups is 2. The van der Waals surface area contributed by atoms with Gasteiger partial charge in [0, 0.05) is 23.9 Å². The molecule has 2 aromatic carbocycles. The van der Waals surface area contributed by atoms with Gasteiger partial charge in [0.25, 0.3) is 17.5 Å². The van der Waals surface area contributed by atoms with Gasteiger partial charge >= 0.3 is 0 Å². The van der Waals surface area contributed by atoms with Gasteiger partial charge < -0.3 is 5.32 Å². The van der Waals surface area contributed by atoms with Crippen LogP contribution in [0.1, 0.15) is 21.6 Å². The van der Waals surface area contributed by atoms with Gasteiger partial charge in [-0.3, -0.25) is 24.7 Å². The molecule has 1 heterocycles. The fourth-order valence-electron chi connectivity index (χ4n) is 2.47. The van der Waals surface area contributed by atoms with Crippen molar-refractivity contribution < 1.29 is 14.5 Å². The summed E-state index contributed by atoms with van der Waals surface area (Å²) in [5.74, 6) is -1.16. The molecule has 31 heavy (non-hydrogen) atoms. The van der Waals surface area contributed by atoms with Gasteiger partial charge in [-0.25, -0.2) is 5.43 Å². The molecule has 0 aliphatic heterocycles. The molecule has 0 unspecified atom stereocenters. The molecular weight excluding hydrogens is 398 g/mol. The molecule has 2 amide bonds. The summed E-state index contributed by atoms with van der Waals surface area (Å²) >= 11 is 0. The Morgan fingerprint density at radius 3 is 2.32 bits per heavy atom. The fraction of sp³-hybridized carbons (Fsp3) is 0. The van der Waals surface area contributed by atoms with Crippen LogP contribution in [0.25, 0.3) is 6.08 Å². The smallest absolute Gasteiger partial charge is 0.287 e. The molecule has 9 nitrogen and oxygen atoms in total. The van der Waals surface area contributed by atoms with Crippen LogP contribution in [0, 0.1) is 10.1 Å². The normalized spacial score (nSPS) is 11.2. The van der Waals surface area contributed by atoms with Crippen LogP contribution in [0.4, 0.5) is 5.69 Å². The number of amides is 2. The number of rotatable bonds is 7. The molecule has 0 spiro atoms. The Kier molecular flexibility index (Phi) is 6.94. The first-order valence-corrected chi connectivity index (χ1v) is 9.10. The highest BCUT2D eigenvalue weighted by Gasteiger charge is 2.14. The topological polar surface area (TPSA) is 127 Å². The van der Waals surface area contributed by atoms with E-state index in [4.69, 9.17) is 0 Å². The zero-order chi connectivity index (χ0) is 22.1. The predicted octanol–water partition coefficient (Wildman–Crippen LogP) is 2.91. The van der Waals surface area contributed by atoms with Crippen molar-refractivity contribution in [1.82, 2.24) is 15.7 Å². The van der Waals surface area contributed by atoms with E-state index in [1.807, 2.05) is 0 Å². The van der Waals surface area contributed by atoms with Gasteiger partial charge in [0.05, 0.1) is 16.8 Å². The molecule has 0 saturated heterocycles. The Morgan fingerprint density at radius 1 is 0.968 bits per heavy atom. The summed E-state index contributed by atoms with van der Waals surface area (Å²) in [6, 6.07) is 19.2. The summed E-state index contributed by atoms with van der Waals surface area (Å²) in [4.78, 5) is 39.5. The van der Waals surface area contributed by atoms with Crippen LogP contribution in [0.2, 0.25) is 0 Å². The number of non-ortho nitro benzene ring substituents is 1. The highest BCUT2D eigenvalue weighted by atomic mass is 16.6. The summed E-state index contributed by atoms with van der Waals surface area (Å²) in [7, 11) is 0. The number of nitro benzene ring substituents is 1. The van der Waals surface area contributed by atoms with E-state index in [2.05, 4.69) is 20.8 Å². The maximum Gasteiger partial charge on any atom is 0.287 e. The minimum atomic E-state index is -0.671. The second-order valence-electron chi connectivity index (χ2n) is 6.18. The largest absolute Gasteiger partial charge is 0.317 e. The third kappa shape index (κ3) is 6.16. The van der Waals surface area contributed by atoms with Crippen molar-refractivity contribution in [3.8, 4) is 0 Å². The molecular formula is C22H17N5O4. The number of hydrogen-bond acceptors (Lipinski definition) is 6.